The summed E-state index contributed by atoms with van der Waals surface area (Å²) in [4.78, 5) is 31.4. The zero-order valence-corrected chi connectivity index (χ0v) is 28.6. The smallest absolute Gasteiger partial charge is 0.319 e. The molecule has 0 radical (unpaired) electrons. The van der Waals surface area contributed by atoms with Crippen LogP contribution in [-0.4, -0.2) is 89.4 Å². The summed E-state index contributed by atoms with van der Waals surface area (Å²) in [5, 5.41) is 0.396. The summed E-state index contributed by atoms with van der Waals surface area (Å²) < 4.78 is 59.6. The molecule has 3 saturated heterocycles. The molecule has 0 spiro atoms. The molecule has 0 saturated carbocycles. The number of alkyl halides is 1. The Kier molecular flexibility index (Phi) is 8.20. The van der Waals surface area contributed by atoms with Crippen molar-refractivity contribution < 1.29 is 27.4 Å². The van der Waals surface area contributed by atoms with E-state index in [-0.39, 0.29) is 84.7 Å². The molecule has 4 aliphatic rings. The molecule has 2 aromatic carbocycles. The van der Waals surface area contributed by atoms with Crippen molar-refractivity contribution in [3.8, 4) is 22.9 Å². The number of carbonyl (C=O) groups is 1. The van der Waals surface area contributed by atoms with E-state index in [1.165, 1.54) is 18.2 Å². The van der Waals surface area contributed by atoms with E-state index in [2.05, 4.69) is 21.3 Å². The van der Waals surface area contributed by atoms with Gasteiger partial charge in [0, 0.05) is 49.6 Å². The highest BCUT2D eigenvalue weighted by atomic mass is 35.5. The minimum absolute atomic E-state index is 0.000172. The number of halogens is 4. The number of nitrogens with zero attached hydrogens (tertiary/aromatic N) is 6. The number of aromatic nitrogens is 2. The molecule has 1 unspecified atom stereocenters. The van der Waals surface area contributed by atoms with Gasteiger partial charge >= 0.3 is 6.01 Å². The maximum atomic E-state index is 17.3. The molecule has 2 N–H and O–H groups in total. The lowest BCUT2D eigenvalue weighted by molar-refractivity contribution is -0.125. The second-order valence-corrected chi connectivity index (χ2v) is 14.7. The standard InChI is InChI=1S/C35H33ClF3N7O3S/c1-3-22(47)44-12-8-19(16-44)46-11-5-13-48-30-25-28(42-34(43-33(25)46)49-17-35-9-4-10-45(35)15-18(37)14-35)27(39)23(26(30)36)20-6-7-21(38)31-24(20)29(41-2)32(40)50-31/h3,6-7,18-19H,1,4-5,8-17,40H2/t18-,19?,35+/m1/s1. The van der Waals surface area contributed by atoms with E-state index < -0.39 is 23.3 Å². The Hall–Kier alpha value is -4.32. The molecule has 10 nitrogen and oxygen atoms in total. The SMILES string of the molecule is [C-]#[N+]c1c(N)sc2c(F)ccc(-c3c(Cl)c4c5c(nc(OC[C@@]67CCCN6C[C@H](F)C7)nc5c3F)N(C3CCN(C(=O)C=C)C3)CCCO4)c12. The number of rotatable bonds is 6. The zero-order valence-electron chi connectivity index (χ0n) is 27.0. The molecule has 260 valence electrons. The molecule has 3 fully saturated rings. The molecule has 0 aliphatic carbocycles. The summed E-state index contributed by atoms with van der Waals surface area (Å²) in [6.07, 6.45) is 3.50. The number of nitrogens with two attached hydrogens (primary N) is 1. The van der Waals surface area contributed by atoms with Crippen molar-refractivity contribution in [1.29, 1.82) is 0 Å². The fourth-order valence-electron chi connectivity index (χ4n) is 8.22. The van der Waals surface area contributed by atoms with Crippen LogP contribution in [0, 0.1) is 18.2 Å². The summed E-state index contributed by atoms with van der Waals surface area (Å²) in [5.41, 5.74) is 5.52. The van der Waals surface area contributed by atoms with Crippen molar-refractivity contribution in [1.82, 2.24) is 19.8 Å². The van der Waals surface area contributed by atoms with Gasteiger partial charge in [-0.1, -0.05) is 24.2 Å². The van der Waals surface area contributed by atoms with E-state index in [0.717, 1.165) is 30.7 Å². The number of benzene rings is 2. The van der Waals surface area contributed by atoms with Crippen LogP contribution in [-0.2, 0) is 4.79 Å². The van der Waals surface area contributed by atoms with Gasteiger partial charge in [-0.3, -0.25) is 9.69 Å². The Bertz CT molecular complexity index is 2130. The fourth-order valence-corrected chi connectivity index (χ4v) is 9.49. The fraction of sp³-hybridized carbons (Fsp3) is 0.429. The Morgan fingerprint density at radius 2 is 2.08 bits per heavy atom. The molecule has 1 amide bonds. The third-order valence-corrected chi connectivity index (χ3v) is 11.9. The van der Waals surface area contributed by atoms with Gasteiger partial charge in [0.2, 0.25) is 11.6 Å². The van der Waals surface area contributed by atoms with Crippen LogP contribution >= 0.6 is 22.9 Å². The summed E-state index contributed by atoms with van der Waals surface area (Å²) in [7, 11) is 0. The van der Waals surface area contributed by atoms with Crippen molar-refractivity contribution in [3.05, 3.63) is 52.9 Å². The molecule has 50 heavy (non-hydrogen) atoms. The van der Waals surface area contributed by atoms with E-state index in [0.29, 0.717) is 51.3 Å². The number of thiophene rings is 1. The van der Waals surface area contributed by atoms with Gasteiger partial charge in [0.05, 0.1) is 38.8 Å². The number of likely N-dealkylation sites (tertiary alicyclic amines) is 1. The Morgan fingerprint density at radius 3 is 2.88 bits per heavy atom. The van der Waals surface area contributed by atoms with E-state index in [9.17, 15) is 9.18 Å². The predicted molar refractivity (Wildman–Crippen MR) is 187 cm³/mol. The van der Waals surface area contributed by atoms with Gasteiger partial charge in [0.25, 0.3) is 0 Å². The minimum atomic E-state index is -0.968. The highest BCUT2D eigenvalue weighted by Gasteiger charge is 2.49. The van der Waals surface area contributed by atoms with Crippen molar-refractivity contribution in [3.63, 3.8) is 0 Å². The van der Waals surface area contributed by atoms with Gasteiger partial charge in [-0.05, 0) is 49.9 Å². The van der Waals surface area contributed by atoms with Crippen molar-refractivity contribution >= 4 is 66.3 Å². The van der Waals surface area contributed by atoms with Crippen LogP contribution in [0.3, 0.4) is 0 Å². The predicted octanol–water partition coefficient (Wildman–Crippen LogP) is 6.91. The van der Waals surface area contributed by atoms with Crippen LogP contribution in [0.4, 0.5) is 29.7 Å². The summed E-state index contributed by atoms with van der Waals surface area (Å²) in [6, 6.07) is 2.30. The third kappa shape index (κ3) is 5.12. The number of hydrogen-bond donors (Lipinski definition) is 1. The second kappa shape index (κ2) is 12.5. The van der Waals surface area contributed by atoms with Gasteiger partial charge in [-0.15, -0.1) is 11.3 Å². The van der Waals surface area contributed by atoms with E-state index in [1.807, 2.05) is 4.90 Å². The maximum Gasteiger partial charge on any atom is 0.319 e. The maximum absolute atomic E-state index is 17.3. The van der Waals surface area contributed by atoms with Gasteiger partial charge in [-0.2, -0.15) is 9.97 Å². The zero-order chi connectivity index (χ0) is 34.9. The summed E-state index contributed by atoms with van der Waals surface area (Å²) in [5.74, 6) is -1.13. The van der Waals surface area contributed by atoms with Gasteiger partial charge in [-0.25, -0.2) is 18.0 Å². The number of nitrogen functional groups attached to an aromatic ring is 1. The van der Waals surface area contributed by atoms with Crippen molar-refractivity contribution in [2.24, 2.45) is 0 Å². The Morgan fingerprint density at radius 1 is 1.24 bits per heavy atom. The molecule has 3 atom stereocenters. The topological polar surface area (TPSA) is 101 Å². The molecule has 15 heteroatoms. The lowest BCUT2D eigenvalue weighted by Crippen LogP contribution is -2.43. The Labute approximate surface area is 295 Å². The quantitative estimate of drug-likeness (QED) is 0.169. The summed E-state index contributed by atoms with van der Waals surface area (Å²) in [6.45, 7) is 14.2. The minimum Gasteiger partial charge on any atom is -0.491 e. The van der Waals surface area contributed by atoms with Crippen LogP contribution in [0.5, 0.6) is 11.8 Å². The number of carbonyl (C=O) groups excluding carboxylic acids is 1. The van der Waals surface area contributed by atoms with Crippen LogP contribution in [0.1, 0.15) is 32.1 Å². The molecule has 0 bridgehead atoms. The van der Waals surface area contributed by atoms with Crippen LogP contribution in [0.2, 0.25) is 5.02 Å². The third-order valence-electron chi connectivity index (χ3n) is 10.5. The first kappa shape index (κ1) is 32.9. The van der Waals surface area contributed by atoms with E-state index in [4.69, 9.17) is 38.4 Å². The number of anilines is 2. The van der Waals surface area contributed by atoms with Gasteiger partial charge in [0.1, 0.15) is 29.9 Å². The molecule has 4 aliphatic heterocycles. The van der Waals surface area contributed by atoms with Crippen LogP contribution in [0.25, 0.3) is 37.0 Å². The normalized spacial score (nSPS) is 23.5. The molecule has 2 aromatic heterocycles. The molecular formula is C35H33ClF3N7O3S. The van der Waals surface area contributed by atoms with Crippen molar-refractivity contribution in [2.75, 3.05) is 56.6 Å². The van der Waals surface area contributed by atoms with Crippen LogP contribution < -0.4 is 20.1 Å². The average Bonchev–Trinajstić information content (AvgIpc) is 3.87. The molecule has 4 aromatic rings. The summed E-state index contributed by atoms with van der Waals surface area (Å²) >= 11 is 7.98. The lowest BCUT2D eigenvalue weighted by atomic mass is 9.95. The highest BCUT2D eigenvalue weighted by molar-refractivity contribution is 7.23. The molecule has 8 rings (SSSR count). The highest BCUT2D eigenvalue weighted by Crippen LogP contribution is 2.52. The molecular weight excluding hydrogens is 691 g/mol. The Balaban J connectivity index is 1.34. The lowest BCUT2D eigenvalue weighted by Gasteiger charge is -2.34. The first-order valence-corrected chi connectivity index (χ1v) is 17.8. The molecule has 6 heterocycles. The first-order valence-electron chi connectivity index (χ1n) is 16.6. The van der Waals surface area contributed by atoms with E-state index >= 15 is 8.78 Å². The second-order valence-electron chi connectivity index (χ2n) is 13.3. The number of fused-ring (bicyclic) bond motifs is 2. The largest absolute Gasteiger partial charge is 0.491 e. The number of amides is 1. The van der Waals surface area contributed by atoms with Gasteiger partial charge < -0.3 is 25.0 Å². The van der Waals surface area contributed by atoms with E-state index in [1.54, 1.807) is 4.90 Å². The monoisotopic (exact) mass is 723 g/mol. The van der Waals surface area contributed by atoms with Crippen molar-refractivity contribution in [2.45, 2.75) is 49.9 Å². The van der Waals surface area contributed by atoms with Crippen LogP contribution in [0.15, 0.2) is 24.8 Å². The first-order chi connectivity index (χ1) is 24.1. The number of ether oxygens (including phenoxy) is 2. The average molecular weight is 724 g/mol. The number of hydrogen-bond acceptors (Lipinski definition) is 9. The van der Waals surface area contributed by atoms with Gasteiger partial charge in [0.15, 0.2) is 11.6 Å².